The van der Waals surface area contributed by atoms with E-state index in [2.05, 4.69) is 9.78 Å². The van der Waals surface area contributed by atoms with Crippen LogP contribution in [0.5, 0.6) is 0 Å². The summed E-state index contributed by atoms with van der Waals surface area (Å²) < 4.78 is 0. The molecule has 0 heterocycles. The first-order valence-electron chi connectivity index (χ1n) is 8.54. The van der Waals surface area contributed by atoms with Gasteiger partial charge in [-0.1, -0.05) is 48.6 Å². The van der Waals surface area contributed by atoms with Crippen LogP contribution in [0.2, 0.25) is 0 Å². The van der Waals surface area contributed by atoms with Crippen LogP contribution >= 0.6 is 0 Å². The van der Waals surface area contributed by atoms with E-state index in [1.54, 1.807) is 60.7 Å². The highest BCUT2D eigenvalue weighted by atomic mass is 17.2. The molecule has 0 radical (unpaired) electrons. The van der Waals surface area contributed by atoms with Crippen LogP contribution in [0.3, 0.4) is 0 Å². The monoisotopic (exact) mass is 389 g/mol. The molecule has 3 aromatic carbocycles. The molecule has 144 valence electrons. The molecule has 0 atom stereocenters. The largest absolute Gasteiger partial charge is 0.386 e. The van der Waals surface area contributed by atoms with Crippen LogP contribution in [0, 0.1) is 10.1 Å². The first-order chi connectivity index (χ1) is 14.0. The van der Waals surface area contributed by atoms with Crippen molar-refractivity contribution in [3.8, 4) is 0 Å². The Morgan fingerprint density at radius 3 is 2.07 bits per heavy atom. The molecule has 0 amide bonds. The Hall–Kier alpha value is -4.26. The van der Waals surface area contributed by atoms with Crippen LogP contribution in [0.1, 0.15) is 31.8 Å². The highest BCUT2D eigenvalue weighted by molar-refractivity contribution is 5.95. The number of nitrogens with zero attached hydrogens (tertiary/aromatic N) is 1. The summed E-state index contributed by atoms with van der Waals surface area (Å²) in [7, 11) is 0. The summed E-state index contributed by atoms with van der Waals surface area (Å²) in [5.41, 5.74) is 1.70. The lowest BCUT2D eigenvalue weighted by Crippen LogP contribution is -2.12. The molecule has 0 unspecified atom stereocenters. The predicted molar refractivity (Wildman–Crippen MR) is 106 cm³/mol. The Bertz CT molecular complexity index is 1060. The van der Waals surface area contributed by atoms with Gasteiger partial charge in [-0.3, -0.25) is 10.1 Å². The van der Waals surface area contributed by atoms with Crippen molar-refractivity contribution in [3.63, 3.8) is 0 Å². The van der Waals surface area contributed by atoms with Gasteiger partial charge < -0.3 is 0 Å². The number of carbonyl (C=O) groups is 2. The quantitative estimate of drug-likeness (QED) is 0.272. The first-order valence-corrected chi connectivity index (χ1v) is 8.54. The molecule has 29 heavy (non-hydrogen) atoms. The molecular weight excluding hydrogens is 374 g/mol. The Kier molecular flexibility index (Phi) is 6.12. The van der Waals surface area contributed by atoms with Gasteiger partial charge in [-0.2, -0.15) is 0 Å². The van der Waals surface area contributed by atoms with Crippen molar-refractivity contribution >= 4 is 29.8 Å². The minimum atomic E-state index is -0.821. The van der Waals surface area contributed by atoms with Crippen LogP contribution < -0.4 is 0 Å². The van der Waals surface area contributed by atoms with Crippen molar-refractivity contribution in [2.24, 2.45) is 0 Å². The predicted octanol–water partition coefficient (Wildman–Crippen LogP) is 4.69. The number of nitro benzene ring substituents is 1. The molecule has 0 aliphatic heterocycles. The fourth-order valence-electron chi connectivity index (χ4n) is 2.46. The molecule has 0 aliphatic rings. The van der Waals surface area contributed by atoms with E-state index in [0.717, 1.165) is 0 Å². The number of non-ortho nitro benzene ring substituents is 1. The Morgan fingerprint density at radius 1 is 0.759 bits per heavy atom. The summed E-state index contributed by atoms with van der Waals surface area (Å²) in [6, 6.07) is 20.7. The van der Waals surface area contributed by atoms with E-state index < -0.39 is 16.9 Å². The topological polar surface area (TPSA) is 95.7 Å². The summed E-state index contributed by atoms with van der Waals surface area (Å²) in [6.45, 7) is 0. The summed E-state index contributed by atoms with van der Waals surface area (Å²) in [5.74, 6) is -1.60. The maximum absolute atomic E-state index is 12.3. The molecule has 0 bridgehead atoms. The third-order valence-electron chi connectivity index (χ3n) is 3.94. The lowest BCUT2D eigenvalue weighted by atomic mass is 10.1. The van der Waals surface area contributed by atoms with Crippen LogP contribution in [-0.2, 0) is 9.78 Å². The maximum Gasteiger partial charge on any atom is 0.386 e. The summed E-state index contributed by atoms with van der Waals surface area (Å²) >= 11 is 0. The standard InChI is InChI=1S/C22H15NO6/c24-21(18-7-2-1-3-8-18)28-29-22(25)20-9-5-4-6-17(20)13-10-16-11-14-19(15-12-16)23(26)27/h1-15H. The second-order valence-corrected chi connectivity index (χ2v) is 5.88. The van der Waals surface area contributed by atoms with Crippen molar-refractivity contribution in [2.45, 2.75) is 0 Å². The zero-order chi connectivity index (χ0) is 20.6. The van der Waals surface area contributed by atoms with E-state index in [1.165, 1.54) is 30.3 Å². The molecule has 3 rings (SSSR count). The summed E-state index contributed by atoms with van der Waals surface area (Å²) in [4.78, 5) is 43.8. The Balaban J connectivity index is 1.70. The van der Waals surface area contributed by atoms with Gasteiger partial charge in [-0.25, -0.2) is 19.4 Å². The second-order valence-electron chi connectivity index (χ2n) is 5.88. The molecule has 0 saturated heterocycles. The third kappa shape index (κ3) is 5.14. The van der Waals surface area contributed by atoms with E-state index in [4.69, 9.17) is 0 Å². The van der Waals surface area contributed by atoms with Gasteiger partial charge in [-0.15, -0.1) is 0 Å². The molecule has 0 spiro atoms. The lowest BCUT2D eigenvalue weighted by Gasteiger charge is -2.06. The highest BCUT2D eigenvalue weighted by Gasteiger charge is 2.16. The summed E-state index contributed by atoms with van der Waals surface area (Å²) in [6.07, 6.45) is 3.36. The van der Waals surface area contributed by atoms with Gasteiger partial charge in [-0.05, 0) is 41.5 Å². The van der Waals surface area contributed by atoms with Crippen LogP contribution in [0.15, 0.2) is 78.9 Å². The average Bonchev–Trinajstić information content (AvgIpc) is 2.77. The van der Waals surface area contributed by atoms with Gasteiger partial charge in [0.15, 0.2) is 0 Å². The lowest BCUT2D eigenvalue weighted by molar-refractivity contribution is -0.384. The normalized spacial score (nSPS) is 10.5. The van der Waals surface area contributed by atoms with Crippen molar-refractivity contribution in [1.29, 1.82) is 0 Å². The first kappa shape index (κ1) is 19.5. The molecule has 0 saturated carbocycles. The molecule has 3 aromatic rings. The molecule has 0 aromatic heterocycles. The van der Waals surface area contributed by atoms with Gasteiger partial charge in [0.05, 0.1) is 16.1 Å². The molecule has 0 fully saturated rings. The number of carbonyl (C=O) groups excluding carboxylic acids is 2. The van der Waals surface area contributed by atoms with Crippen LogP contribution in [0.25, 0.3) is 12.2 Å². The number of hydrogen-bond donors (Lipinski definition) is 0. The highest BCUT2D eigenvalue weighted by Crippen LogP contribution is 2.17. The second kappa shape index (κ2) is 9.09. The molecule has 7 nitrogen and oxygen atoms in total. The van der Waals surface area contributed by atoms with Gasteiger partial charge in [0.25, 0.3) is 5.69 Å². The van der Waals surface area contributed by atoms with Gasteiger partial charge in [0.2, 0.25) is 0 Å². The third-order valence-corrected chi connectivity index (χ3v) is 3.94. The Labute approximate surface area is 165 Å². The van der Waals surface area contributed by atoms with Gasteiger partial charge >= 0.3 is 11.9 Å². The molecular formula is C22H15NO6. The van der Waals surface area contributed by atoms with E-state index in [9.17, 15) is 19.7 Å². The minimum Gasteiger partial charge on any atom is -0.258 e. The summed E-state index contributed by atoms with van der Waals surface area (Å²) in [5, 5.41) is 10.7. The van der Waals surface area contributed by atoms with Crippen LogP contribution in [-0.4, -0.2) is 16.9 Å². The average molecular weight is 389 g/mol. The fraction of sp³-hybridized carbons (Fsp3) is 0. The van der Waals surface area contributed by atoms with E-state index in [1.807, 2.05) is 0 Å². The van der Waals surface area contributed by atoms with Gasteiger partial charge in [0.1, 0.15) is 0 Å². The zero-order valence-corrected chi connectivity index (χ0v) is 15.1. The van der Waals surface area contributed by atoms with E-state index >= 15 is 0 Å². The molecule has 0 aliphatic carbocycles. The number of nitro groups is 1. The van der Waals surface area contributed by atoms with Crippen LogP contribution in [0.4, 0.5) is 5.69 Å². The number of benzene rings is 3. The van der Waals surface area contributed by atoms with E-state index in [0.29, 0.717) is 11.1 Å². The van der Waals surface area contributed by atoms with Gasteiger partial charge in [0, 0.05) is 12.1 Å². The fourth-order valence-corrected chi connectivity index (χ4v) is 2.46. The van der Waals surface area contributed by atoms with Crippen molar-refractivity contribution in [2.75, 3.05) is 0 Å². The van der Waals surface area contributed by atoms with Crippen molar-refractivity contribution in [1.82, 2.24) is 0 Å². The smallest absolute Gasteiger partial charge is 0.258 e. The van der Waals surface area contributed by atoms with Crippen molar-refractivity contribution < 1.29 is 24.3 Å². The maximum atomic E-state index is 12.3. The molecule has 0 N–H and O–H groups in total. The minimum absolute atomic E-state index is 0.00800. The molecule has 7 heteroatoms. The van der Waals surface area contributed by atoms with E-state index in [-0.39, 0.29) is 16.8 Å². The number of rotatable bonds is 5. The van der Waals surface area contributed by atoms with Crippen molar-refractivity contribution in [3.05, 3.63) is 111 Å². The number of hydrogen-bond acceptors (Lipinski definition) is 6. The zero-order valence-electron chi connectivity index (χ0n) is 15.1. The SMILES string of the molecule is O=C(OOC(=O)c1ccccc1C=Cc1ccc([N+](=O)[O-])cc1)c1ccccc1. The Morgan fingerprint density at radius 2 is 1.38 bits per heavy atom.